The smallest absolute Gasteiger partial charge is 0.185 e. The molecular weight excluding hydrogens is 206 g/mol. The summed E-state index contributed by atoms with van der Waals surface area (Å²) in [5.41, 5.74) is 0. The average Bonchev–Trinajstić information content (AvgIpc) is 2.87. The Morgan fingerprint density at radius 1 is 1.67 bits per heavy atom. The highest BCUT2D eigenvalue weighted by Gasteiger charge is 2.25. The fraction of sp³-hybridized carbons (Fsp3) is 0.727. The Morgan fingerprint density at radius 2 is 2.60 bits per heavy atom. The lowest BCUT2D eigenvalue weighted by Gasteiger charge is -2.24. The van der Waals surface area contributed by atoms with E-state index in [1.54, 1.807) is 11.3 Å². The molecule has 1 aliphatic rings. The van der Waals surface area contributed by atoms with Crippen LogP contribution < -0.4 is 10.2 Å². The summed E-state index contributed by atoms with van der Waals surface area (Å²) >= 11 is 1.75. The maximum Gasteiger partial charge on any atom is 0.185 e. The van der Waals surface area contributed by atoms with Gasteiger partial charge in [0.1, 0.15) is 0 Å². The maximum absolute atomic E-state index is 4.39. The summed E-state index contributed by atoms with van der Waals surface area (Å²) in [6.07, 6.45) is 5.72. The number of aromatic nitrogens is 1. The van der Waals surface area contributed by atoms with Crippen LogP contribution in [0.1, 0.15) is 26.2 Å². The second-order valence-electron chi connectivity index (χ2n) is 4.01. The molecule has 0 bridgehead atoms. The lowest BCUT2D eigenvalue weighted by Crippen LogP contribution is -2.38. The quantitative estimate of drug-likeness (QED) is 0.778. The molecule has 1 fully saturated rings. The van der Waals surface area contributed by atoms with Crippen molar-refractivity contribution in [3.8, 4) is 0 Å². The zero-order valence-electron chi connectivity index (χ0n) is 9.28. The van der Waals surface area contributed by atoms with E-state index in [0.717, 1.165) is 13.1 Å². The van der Waals surface area contributed by atoms with Crippen molar-refractivity contribution in [3.05, 3.63) is 11.6 Å². The minimum Gasteiger partial charge on any atom is -0.344 e. The number of hydrogen-bond donors (Lipinski definition) is 1. The Kier molecular flexibility index (Phi) is 3.97. The van der Waals surface area contributed by atoms with Crippen molar-refractivity contribution in [1.82, 2.24) is 10.3 Å². The van der Waals surface area contributed by atoms with Crippen molar-refractivity contribution in [2.24, 2.45) is 0 Å². The molecule has 2 heterocycles. The summed E-state index contributed by atoms with van der Waals surface area (Å²) in [5.74, 6) is 0. The van der Waals surface area contributed by atoms with Gasteiger partial charge in [-0.3, -0.25) is 0 Å². The van der Waals surface area contributed by atoms with E-state index in [4.69, 9.17) is 0 Å². The summed E-state index contributed by atoms with van der Waals surface area (Å²) in [4.78, 5) is 6.85. The third-order valence-electron chi connectivity index (χ3n) is 2.85. The highest BCUT2D eigenvalue weighted by atomic mass is 32.1. The number of anilines is 1. The molecule has 1 aromatic rings. The van der Waals surface area contributed by atoms with Crippen molar-refractivity contribution in [3.63, 3.8) is 0 Å². The van der Waals surface area contributed by atoms with Gasteiger partial charge in [-0.25, -0.2) is 4.98 Å². The van der Waals surface area contributed by atoms with E-state index in [2.05, 4.69) is 27.5 Å². The van der Waals surface area contributed by atoms with Gasteiger partial charge in [0.2, 0.25) is 0 Å². The summed E-state index contributed by atoms with van der Waals surface area (Å²) in [5, 5.41) is 6.75. The molecule has 3 nitrogen and oxygen atoms in total. The summed E-state index contributed by atoms with van der Waals surface area (Å²) < 4.78 is 0. The van der Waals surface area contributed by atoms with E-state index in [1.165, 1.54) is 30.9 Å². The molecule has 4 heteroatoms. The average molecular weight is 225 g/mol. The normalized spacial score (nSPS) is 21.1. The van der Waals surface area contributed by atoms with Crippen LogP contribution >= 0.6 is 11.3 Å². The van der Waals surface area contributed by atoms with Gasteiger partial charge in [0.15, 0.2) is 5.13 Å². The van der Waals surface area contributed by atoms with Crippen molar-refractivity contribution >= 4 is 16.5 Å². The van der Waals surface area contributed by atoms with Gasteiger partial charge in [0.25, 0.3) is 0 Å². The van der Waals surface area contributed by atoms with Crippen molar-refractivity contribution < 1.29 is 0 Å². The van der Waals surface area contributed by atoms with Crippen LogP contribution in [-0.2, 0) is 0 Å². The number of nitrogens with one attached hydrogen (secondary N) is 1. The molecule has 0 radical (unpaired) electrons. The first-order valence-electron chi connectivity index (χ1n) is 5.78. The molecule has 0 aromatic carbocycles. The van der Waals surface area contributed by atoms with Gasteiger partial charge in [-0.2, -0.15) is 0 Å². The zero-order chi connectivity index (χ0) is 10.5. The first-order chi connectivity index (χ1) is 7.42. The molecule has 1 aromatic heterocycles. The van der Waals surface area contributed by atoms with Crippen molar-refractivity contribution in [2.75, 3.05) is 24.5 Å². The molecule has 0 saturated carbocycles. The summed E-state index contributed by atoms with van der Waals surface area (Å²) in [7, 11) is 0. The molecule has 2 rings (SSSR count). The molecule has 0 amide bonds. The van der Waals surface area contributed by atoms with E-state index in [9.17, 15) is 0 Å². The second-order valence-corrected chi connectivity index (χ2v) is 4.88. The largest absolute Gasteiger partial charge is 0.344 e. The topological polar surface area (TPSA) is 28.2 Å². The van der Waals surface area contributed by atoms with Gasteiger partial charge in [0, 0.05) is 30.7 Å². The lowest BCUT2D eigenvalue weighted by molar-refractivity contribution is 0.570. The number of rotatable bonds is 5. The minimum absolute atomic E-state index is 0.655. The Hall–Kier alpha value is -0.610. The third-order valence-corrected chi connectivity index (χ3v) is 3.66. The molecule has 1 saturated heterocycles. The van der Waals surface area contributed by atoms with Crippen LogP contribution in [0.25, 0.3) is 0 Å². The monoisotopic (exact) mass is 225 g/mol. The standard InChI is InChI=1S/C11H19N3S/c1-2-5-12-9-10-4-3-7-14(10)11-13-6-8-15-11/h6,8,10,12H,2-5,7,9H2,1H3. The molecular formula is C11H19N3S. The maximum atomic E-state index is 4.39. The molecule has 15 heavy (non-hydrogen) atoms. The molecule has 1 atom stereocenters. The SMILES string of the molecule is CCCNCC1CCCN1c1nccs1. The molecule has 1 N–H and O–H groups in total. The van der Waals surface area contributed by atoms with Gasteiger partial charge >= 0.3 is 0 Å². The zero-order valence-corrected chi connectivity index (χ0v) is 10.1. The minimum atomic E-state index is 0.655. The van der Waals surface area contributed by atoms with E-state index in [-0.39, 0.29) is 0 Å². The van der Waals surface area contributed by atoms with E-state index >= 15 is 0 Å². The fourth-order valence-electron chi connectivity index (χ4n) is 2.10. The summed E-state index contributed by atoms with van der Waals surface area (Å²) in [6, 6.07) is 0.655. The van der Waals surface area contributed by atoms with Gasteiger partial charge in [0.05, 0.1) is 0 Å². The van der Waals surface area contributed by atoms with Crippen LogP contribution in [-0.4, -0.2) is 30.7 Å². The van der Waals surface area contributed by atoms with Crippen LogP contribution in [0.5, 0.6) is 0 Å². The fourth-order valence-corrected chi connectivity index (χ4v) is 2.84. The predicted molar refractivity (Wildman–Crippen MR) is 65.6 cm³/mol. The number of thiazole rings is 1. The Morgan fingerprint density at radius 3 is 3.33 bits per heavy atom. The van der Waals surface area contributed by atoms with E-state index < -0.39 is 0 Å². The molecule has 0 aliphatic carbocycles. The highest BCUT2D eigenvalue weighted by Crippen LogP contribution is 2.26. The van der Waals surface area contributed by atoms with Crippen molar-refractivity contribution in [1.29, 1.82) is 0 Å². The number of hydrogen-bond acceptors (Lipinski definition) is 4. The lowest BCUT2D eigenvalue weighted by atomic mass is 10.2. The molecule has 84 valence electrons. The molecule has 1 aliphatic heterocycles. The van der Waals surface area contributed by atoms with Crippen molar-refractivity contribution in [2.45, 2.75) is 32.2 Å². The van der Waals surface area contributed by atoms with Crippen LogP contribution in [0.3, 0.4) is 0 Å². The van der Waals surface area contributed by atoms with Gasteiger partial charge < -0.3 is 10.2 Å². The third kappa shape index (κ3) is 2.69. The van der Waals surface area contributed by atoms with Gasteiger partial charge in [-0.05, 0) is 25.8 Å². The Bertz CT molecular complexity index is 273. The van der Waals surface area contributed by atoms with Gasteiger partial charge in [-0.1, -0.05) is 6.92 Å². The van der Waals surface area contributed by atoms with Crippen LogP contribution in [0.2, 0.25) is 0 Å². The highest BCUT2D eigenvalue weighted by molar-refractivity contribution is 7.13. The molecule has 0 spiro atoms. The second kappa shape index (κ2) is 5.47. The molecule has 1 unspecified atom stereocenters. The van der Waals surface area contributed by atoms with Crippen LogP contribution in [0.15, 0.2) is 11.6 Å². The van der Waals surface area contributed by atoms with Crippen LogP contribution in [0.4, 0.5) is 5.13 Å². The summed E-state index contributed by atoms with van der Waals surface area (Å²) in [6.45, 7) is 5.61. The Balaban J connectivity index is 1.88. The Labute approximate surface area is 95.5 Å². The first kappa shape index (κ1) is 10.9. The first-order valence-corrected chi connectivity index (χ1v) is 6.66. The predicted octanol–water partition coefficient (Wildman–Crippen LogP) is 2.11. The van der Waals surface area contributed by atoms with Gasteiger partial charge in [-0.15, -0.1) is 11.3 Å². The van der Waals surface area contributed by atoms with Crippen LogP contribution in [0, 0.1) is 0 Å². The number of nitrogens with zero attached hydrogens (tertiary/aromatic N) is 2. The van der Waals surface area contributed by atoms with E-state index in [0.29, 0.717) is 6.04 Å². The van der Waals surface area contributed by atoms with E-state index in [1.807, 2.05) is 6.20 Å².